The summed E-state index contributed by atoms with van der Waals surface area (Å²) in [6.45, 7) is 0.572. The molecule has 0 bridgehead atoms. The van der Waals surface area contributed by atoms with E-state index in [1.807, 2.05) is 5.38 Å². The van der Waals surface area contributed by atoms with E-state index in [1.165, 1.54) is 35.2 Å². The molecule has 1 unspecified atom stereocenters. The van der Waals surface area contributed by atoms with Gasteiger partial charge >= 0.3 is 0 Å². The lowest BCUT2D eigenvalue weighted by molar-refractivity contribution is -0.384. The maximum atomic E-state index is 12.4. The Morgan fingerprint density at radius 2 is 2.33 bits per heavy atom. The first-order chi connectivity index (χ1) is 10.1. The van der Waals surface area contributed by atoms with Crippen LogP contribution in [0.3, 0.4) is 0 Å². The molecule has 0 radical (unpaired) electrons. The molecule has 21 heavy (non-hydrogen) atoms. The van der Waals surface area contributed by atoms with Crippen molar-refractivity contribution in [2.75, 3.05) is 11.4 Å². The highest BCUT2D eigenvalue weighted by Crippen LogP contribution is 2.34. The number of non-ortho nitro benzene ring substituents is 1. The number of anilines is 1. The molecule has 0 N–H and O–H groups in total. The number of thioether (sulfide) groups is 1. The van der Waals surface area contributed by atoms with Crippen molar-refractivity contribution in [1.29, 1.82) is 0 Å². The van der Waals surface area contributed by atoms with E-state index >= 15 is 0 Å². The van der Waals surface area contributed by atoms with Gasteiger partial charge < -0.3 is 4.90 Å². The summed E-state index contributed by atoms with van der Waals surface area (Å²) in [6.07, 6.45) is 2.43. The van der Waals surface area contributed by atoms with Gasteiger partial charge in [0.15, 0.2) is 4.34 Å². The SMILES string of the molecule is O=C1C(Sc2nccs2)CCN1c1cccc([N+](=O)[O-])c1. The van der Waals surface area contributed by atoms with Gasteiger partial charge in [0.25, 0.3) is 5.69 Å². The molecule has 1 amide bonds. The number of nitrogens with zero attached hydrogens (tertiary/aromatic N) is 3. The fourth-order valence-electron chi connectivity index (χ4n) is 2.18. The van der Waals surface area contributed by atoms with Crippen LogP contribution in [-0.2, 0) is 4.79 Å². The fourth-order valence-corrected chi connectivity index (χ4v) is 4.10. The molecule has 1 aliphatic rings. The molecule has 0 saturated carbocycles. The molecule has 2 aromatic rings. The van der Waals surface area contributed by atoms with Crippen molar-refractivity contribution in [3.8, 4) is 0 Å². The van der Waals surface area contributed by atoms with Crippen molar-refractivity contribution in [3.05, 3.63) is 46.0 Å². The lowest BCUT2D eigenvalue weighted by atomic mass is 10.2. The highest BCUT2D eigenvalue weighted by atomic mass is 32.2. The zero-order valence-corrected chi connectivity index (χ0v) is 12.5. The van der Waals surface area contributed by atoms with Gasteiger partial charge in [0, 0.05) is 30.3 Å². The second-order valence-corrected chi connectivity index (χ2v) is 6.80. The van der Waals surface area contributed by atoms with Crippen LogP contribution in [-0.4, -0.2) is 27.6 Å². The van der Waals surface area contributed by atoms with Gasteiger partial charge in [-0.3, -0.25) is 14.9 Å². The van der Waals surface area contributed by atoms with Gasteiger partial charge in [-0.25, -0.2) is 4.98 Å². The van der Waals surface area contributed by atoms with Crippen LogP contribution in [0, 0.1) is 10.1 Å². The topological polar surface area (TPSA) is 76.3 Å². The van der Waals surface area contributed by atoms with E-state index in [4.69, 9.17) is 0 Å². The maximum Gasteiger partial charge on any atom is 0.271 e. The molecule has 1 fully saturated rings. The van der Waals surface area contributed by atoms with E-state index in [9.17, 15) is 14.9 Å². The van der Waals surface area contributed by atoms with Crippen LogP contribution in [0.5, 0.6) is 0 Å². The lowest BCUT2D eigenvalue weighted by Gasteiger charge is -2.16. The number of hydrogen-bond acceptors (Lipinski definition) is 6. The zero-order chi connectivity index (χ0) is 14.8. The third-order valence-corrected chi connectivity index (χ3v) is 5.33. The molecule has 1 aromatic carbocycles. The summed E-state index contributed by atoms with van der Waals surface area (Å²) in [6, 6.07) is 6.18. The van der Waals surface area contributed by atoms with E-state index in [-0.39, 0.29) is 16.8 Å². The van der Waals surface area contributed by atoms with Crippen LogP contribution in [0.15, 0.2) is 40.2 Å². The molecule has 6 nitrogen and oxygen atoms in total. The van der Waals surface area contributed by atoms with Gasteiger partial charge in [0.2, 0.25) is 5.91 Å². The first kappa shape index (κ1) is 14.0. The van der Waals surface area contributed by atoms with Crippen LogP contribution in [0.2, 0.25) is 0 Å². The maximum absolute atomic E-state index is 12.4. The summed E-state index contributed by atoms with van der Waals surface area (Å²) in [7, 11) is 0. The monoisotopic (exact) mass is 321 g/mol. The lowest BCUT2D eigenvalue weighted by Crippen LogP contribution is -2.27. The standard InChI is InChI=1S/C13H11N3O3S2/c17-12-11(21-13-14-5-7-20-13)4-6-15(12)9-2-1-3-10(8-9)16(18)19/h1-3,5,7-8,11H,4,6H2. The number of hydrogen-bond donors (Lipinski definition) is 0. The van der Waals surface area contributed by atoms with Crippen molar-refractivity contribution >= 4 is 40.4 Å². The highest BCUT2D eigenvalue weighted by Gasteiger charge is 2.34. The first-order valence-corrected chi connectivity index (χ1v) is 8.03. The number of amides is 1. The Labute approximate surface area is 128 Å². The summed E-state index contributed by atoms with van der Waals surface area (Å²) < 4.78 is 0.870. The number of carbonyl (C=O) groups is 1. The summed E-state index contributed by atoms with van der Waals surface area (Å²) >= 11 is 2.96. The third-order valence-electron chi connectivity index (χ3n) is 3.16. The van der Waals surface area contributed by atoms with Gasteiger partial charge in [0.1, 0.15) is 0 Å². The number of rotatable bonds is 4. The summed E-state index contributed by atoms with van der Waals surface area (Å²) in [4.78, 5) is 28.6. The van der Waals surface area contributed by atoms with Gasteiger partial charge in [-0.1, -0.05) is 17.8 Å². The number of nitro benzene ring substituents is 1. The van der Waals surface area contributed by atoms with Crippen LogP contribution in [0.25, 0.3) is 0 Å². The van der Waals surface area contributed by atoms with Crippen molar-refractivity contribution in [2.45, 2.75) is 16.0 Å². The molecule has 1 atom stereocenters. The number of aromatic nitrogens is 1. The molecular formula is C13H11N3O3S2. The predicted molar refractivity (Wildman–Crippen MR) is 81.8 cm³/mol. The Bertz CT molecular complexity index is 675. The average molecular weight is 321 g/mol. The Morgan fingerprint density at radius 3 is 3.05 bits per heavy atom. The largest absolute Gasteiger partial charge is 0.311 e. The Kier molecular flexibility index (Phi) is 3.89. The molecule has 0 spiro atoms. The fraction of sp³-hybridized carbons (Fsp3) is 0.231. The van der Waals surface area contributed by atoms with Gasteiger partial charge in [0.05, 0.1) is 15.9 Å². The molecule has 1 saturated heterocycles. The first-order valence-electron chi connectivity index (χ1n) is 6.27. The predicted octanol–water partition coefficient (Wildman–Crippen LogP) is 2.95. The zero-order valence-electron chi connectivity index (χ0n) is 10.8. The minimum absolute atomic E-state index is 0.00340. The van der Waals surface area contributed by atoms with E-state index < -0.39 is 4.92 Å². The average Bonchev–Trinajstić information content (AvgIpc) is 3.11. The summed E-state index contributed by atoms with van der Waals surface area (Å²) in [5.74, 6) is -0.0179. The summed E-state index contributed by atoms with van der Waals surface area (Å²) in [5, 5.41) is 12.5. The second kappa shape index (κ2) is 5.82. The summed E-state index contributed by atoms with van der Waals surface area (Å²) in [5.41, 5.74) is 0.577. The van der Waals surface area contributed by atoms with Crippen LogP contribution in [0.1, 0.15) is 6.42 Å². The molecule has 1 aliphatic heterocycles. The molecule has 2 heterocycles. The van der Waals surface area contributed by atoms with E-state index in [0.717, 1.165) is 4.34 Å². The molecule has 108 valence electrons. The van der Waals surface area contributed by atoms with Crippen molar-refractivity contribution in [3.63, 3.8) is 0 Å². The smallest absolute Gasteiger partial charge is 0.271 e. The Hall–Kier alpha value is -1.93. The molecular weight excluding hydrogens is 310 g/mol. The molecule has 8 heteroatoms. The third kappa shape index (κ3) is 2.91. The second-order valence-electron chi connectivity index (χ2n) is 4.46. The van der Waals surface area contributed by atoms with Gasteiger partial charge in [-0.05, 0) is 12.5 Å². The van der Waals surface area contributed by atoms with Crippen molar-refractivity contribution in [2.24, 2.45) is 0 Å². The van der Waals surface area contributed by atoms with Crippen molar-refractivity contribution in [1.82, 2.24) is 4.98 Å². The van der Waals surface area contributed by atoms with E-state index in [1.54, 1.807) is 23.2 Å². The number of thiazole rings is 1. The minimum Gasteiger partial charge on any atom is -0.311 e. The molecule has 1 aromatic heterocycles. The van der Waals surface area contributed by atoms with Crippen LogP contribution >= 0.6 is 23.1 Å². The normalized spacial score (nSPS) is 18.2. The van der Waals surface area contributed by atoms with Crippen LogP contribution < -0.4 is 4.90 Å². The quantitative estimate of drug-likeness (QED) is 0.639. The minimum atomic E-state index is -0.453. The Balaban J connectivity index is 1.77. The Morgan fingerprint density at radius 1 is 1.48 bits per heavy atom. The van der Waals surface area contributed by atoms with E-state index in [2.05, 4.69) is 4.98 Å². The molecule has 0 aliphatic carbocycles. The van der Waals surface area contributed by atoms with E-state index in [0.29, 0.717) is 18.7 Å². The van der Waals surface area contributed by atoms with Crippen molar-refractivity contribution < 1.29 is 9.72 Å². The molecule has 3 rings (SSSR count). The number of nitro groups is 1. The highest BCUT2D eigenvalue weighted by molar-refractivity contribution is 8.02. The van der Waals surface area contributed by atoms with Gasteiger partial charge in [-0.2, -0.15) is 0 Å². The number of benzene rings is 1. The number of carbonyl (C=O) groups excluding carboxylic acids is 1. The van der Waals surface area contributed by atoms with Gasteiger partial charge in [-0.15, -0.1) is 11.3 Å². The van der Waals surface area contributed by atoms with Crippen LogP contribution in [0.4, 0.5) is 11.4 Å².